The summed E-state index contributed by atoms with van der Waals surface area (Å²) in [5.41, 5.74) is 0. The van der Waals surface area contributed by atoms with E-state index in [0.717, 1.165) is 19.6 Å². The topological polar surface area (TPSA) is 29.5 Å². The van der Waals surface area contributed by atoms with Crippen molar-refractivity contribution in [3.05, 3.63) is 13.2 Å². The molecule has 0 atom stereocenters. The van der Waals surface area contributed by atoms with E-state index in [4.69, 9.17) is 9.84 Å². The molecule has 0 amide bonds. The molecule has 0 aromatic carbocycles. The predicted molar refractivity (Wildman–Crippen MR) is 64.6 cm³/mol. The summed E-state index contributed by atoms with van der Waals surface area (Å²) in [6, 6.07) is 0. The Morgan fingerprint density at radius 3 is 1.64 bits per heavy atom. The number of hydrogen-bond donors (Lipinski definition) is 1. The van der Waals surface area contributed by atoms with Crippen molar-refractivity contribution >= 4 is 0 Å². The summed E-state index contributed by atoms with van der Waals surface area (Å²) in [5, 5.41) is 8.29. The van der Waals surface area contributed by atoms with E-state index in [1.54, 1.807) is 0 Å². The van der Waals surface area contributed by atoms with E-state index in [0.29, 0.717) is 6.61 Å². The summed E-state index contributed by atoms with van der Waals surface area (Å²) in [6.07, 6.45) is 4.68. The Hall–Kier alpha value is -0.340. The molecule has 0 saturated carbocycles. The summed E-state index contributed by atoms with van der Waals surface area (Å²) in [6.45, 7) is 14.2. The first-order valence-electron chi connectivity index (χ1n) is 5.51. The van der Waals surface area contributed by atoms with Gasteiger partial charge in [-0.3, -0.25) is 0 Å². The van der Waals surface area contributed by atoms with E-state index < -0.39 is 0 Å². The second kappa shape index (κ2) is 29.3. The Kier molecular flexibility index (Phi) is 40.4. The molecular weight excluding hydrogens is 176 g/mol. The Labute approximate surface area is 90.0 Å². The number of ether oxygens (including phenoxy) is 1. The zero-order valence-corrected chi connectivity index (χ0v) is 10.2. The van der Waals surface area contributed by atoms with Crippen molar-refractivity contribution in [3.63, 3.8) is 0 Å². The first-order valence-corrected chi connectivity index (χ1v) is 5.51. The fourth-order valence-corrected chi connectivity index (χ4v) is 0.743. The van der Waals surface area contributed by atoms with Crippen LogP contribution in [0.5, 0.6) is 0 Å². The van der Waals surface area contributed by atoms with Gasteiger partial charge in [-0.1, -0.05) is 26.2 Å². The standard InChI is InChI=1S/C6H14O.C4H10O.C2H4/c1-2-3-4-5-6-7;1-3-5-4-2;1-2/h7H,2-6H2,1H3;3-4H2,1-2H3;1-2H2. The molecule has 0 saturated heterocycles. The molecule has 0 spiro atoms. The van der Waals surface area contributed by atoms with Gasteiger partial charge in [-0.2, -0.15) is 0 Å². The number of hydrogen-bond acceptors (Lipinski definition) is 2. The Balaban J connectivity index is -0.000000152. The van der Waals surface area contributed by atoms with Crippen LogP contribution in [0, 0.1) is 0 Å². The lowest BCUT2D eigenvalue weighted by Crippen LogP contribution is -1.84. The van der Waals surface area contributed by atoms with Crippen molar-refractivity contribution in [2.45, 2.75) is 46.5 Å². The summed E-state index contributed by atoms with van der Waals surface area (Å²) >= 11 is 0. The fraction of sp³-hybridized carbons (Fsp3) is 0.833. The first kappa shape index (κ1) is 19.3. The molecule has 0 aliphatic carbocycles. The molecule has 0 bridgehead atoms. The van der Waals surface area contributed by atoms with Crippen molar-refractivity contribution in [1.29, 1.82) is 0 Å². The van der Waals surface area contributed by atoms with E-state index >= 15 is 0 Å². The van der Waals surface area contributed by atoms with Crippen LogP contribution >= 0.6 is 0 Å². The van der Waals surface area contributed by atoms with E-state index in [1.165, 1.54) is 19.3 Å². The molecular formula is C12H28O2. The number of aliphatic hydroxyl groups excluding tert-OH is 1. The molecule has 0 heterocycles. The molecule has 88 valence electrons. The van der Waals surface area contributed by atoms with Crippen molar-refractivity contribution in [3.8, 4) is 0 Å². The van der Waals surface area contributed by atoms with E-state index in [9.17, 15) is 0 Å². The van der Waals surface area contributed by atoms with Crippen LogP contribution in [0.3, 0.4) is 0 Å². The lowest BCUT2D eigenvalue weighted by atomic mass is 10.2. The van der Waals surface area contributed by atoms with Gasteiger partial charge in [0, 0.05) is 19.8 Å². The first-order chi connectivity index (χ1) is 6.83. The summed E-state index contributed by atoms with van der Waals surface area (Å²) in [4.78, 5) is 0. The molecule has 0 aromatic rings. The lowest BCUT2D eigenvalue weighted by molar-refractivity contribution is 0.162. The monoisotopic (exact) mass is 204 g/mol. The van der Waals surface area contributed by atoms with Gasteiger partial charge < -0.3 is 9.84 Å². The van der Waals surface area contributed by atoms with Crippen LogP contribution < -0.4 is 0 Å². The third-order valence-electron chi connectivity index (χ3n) is 1.42. The highest BCUT2D eigenvalue weighted by Crippen LogP contribution is 1.95. The third kappa shape index (κ3) is 41.4. The summed E-state index contributed by atoms with van der Waals surface area (Å²) < 4.78 is 4.83. The van der Waals surface area contributed by atoms with Gasteiger partial charge in [0.2, 0.25) is 0 Å². The van der Waals surface area contributed by atoms with E-state index in [1.807, 2.05) is 13.8 Å². The van der Waals surface area contributed by atoms with Gasteiger partial charge in [-0.15, -0.1) is 13.2 Å². The molecule has 2 nitrogen and oxygen atoms in total. The SMILES string of the molecule is C=C.CCCCCCO.CCOCC. The minimum atomic E-state index is 0.361. The number of rotatable bonds is 6. The highest BCUT2D eigenvalue weighted by molar-refractivity contribution is 4.35. The zero-order chi connectivity index (χ0) is 11.7. The predicted octanol–water partition coefficient (Wildman–Crippen LogP) is 3.40. The quantitative estimate of drug-likeness (QED) is 0.531. The second-order valence-corrected chi connectivity index (χ2v) is 2.57. The normalized spacial score (nSPS) is 8.00. The molecule has 0 aliphatic rings. The van der Waals surface area contributed by atoms with Crippen molar-refractivity contribution in [1.82, 2.24) is 0 Å². The maximum Gasteiger partial charge on any atom is 0.0437 e. The Morgan fingerprint density at radius 2 is 1.43 bits per heavy atom. The smallest absolute Gasteiger partial charge is 0.0437 e. The Morgan fingerprint density at radius 1 is 0.929 bits per heavy atom. The maximum atomic E-state index is 8.29. The minimum Gasteiger partial charge on any atom is -0.396 e. The maximum absolute atomic E-state index is 8.29. The fourth-order valence-electron chi connectivity index (χ4n) is 0.743. The molecule has 0 radical (unpaired) electrons. The molecule has 1 N–H and O–H groups in total. The second-order valence-electron chi connectivity index (χ2n) is 2.57. The molecule has 0 aromatic heterocycles. The molecule has 0 aliphatic heterocycles. The molecule has 0 rings (SSSR count). The van der Waals surface area contributed by atoms with Crippen LogP contribution in [0.25, 0.3) is 0 Å². The van der Waals surface area contributed by atoms with Crippen LogP contribution in [-0.2, 0) is 4.74 Å². The van der Waals surface area contributed by atoms with E-state index in [2.05, 4.69) is 20.1 Å². The minimum absolute atomic E-state index is 0.361. The molecule has 0 fully saturated rings. The zero-order valence-electron chi connectivity index (χ0n) is 10.2. The van der Waals surface area contributed by atoms with Gasteiger partial charge in [0.05, 0.1) is 0 Å². The lowest BCUT2D eigenvalue weighted by Gasteiger charge is -1.90. The van der Waals surface area contributed by atoms with Gasteiger partial charge in [0.25, 0.3) is 0 Å². The largest absolute Gasteiger partial charge is 0.396 e. The van der Waals surface area contributed by atoms with Crippen LogP contribution in [0.15, 0.2) is 13.2 Å². The van der Waals surface area contributed by atoms with Crippen LogP contribution in [-0.4, -0.2) is 24.9 Å². The number of aliphatic hydroxyl groups is 1. The van der Waals surface area contributed by atoms with Crippen LogP contribution in [0.4, 0.5) is 0 Å². The Bertz CT molecular complexity index is 59.3. The highest BCUT2D eigenvalue weighted by Gasteiger charge is 1.80. The van der Waals surface area contributed by atoms with Gasteiger partial charge in [0.1, 0.15) is 0 Å². The van der Waals surface area contributed by atoms with Gasteiger partial charge in [-0.25, -0.2) is 0 Å². The highest BCUT2D eigenvalue weighted by atomic mass is 16.5. The molecule has 0 unspecified atom stereocenters. The van der Waals surface area contributed by atoms with Crippen molar-refractivity contribution < 1.29 is 9.84 Å². The number of unbranched alkanes of at least 4 members (excludes halogenated alkanes) is 3. The van der Waals surface area contributed by atoms with Gasteiger partial charge in [-0.05, 0) is 20.3 Å². The van der Waals surface area contributed by atoms with E-state index in [-0.39, 0.29) is 0 Å². The average Bonchev–Trinajstić information content (AvgIpc) is 2.24. The molecule has 2 heteroatoms. The van der Waals surface area contributed by atoms with Crippen LogP contribution in [0.1, 0.15) is 46.5 Å². The van der Waals surface area contributed by atoms with Gasteiger partial charge >= 0.3 is 0 Å². The van der Waals surface area contributed by atoms with Crippen molar-refractivity contribution in [2.75, 3.05) is 19.8 Å². The van der Waals surface area contributed by atoms with Gasteiger partial charge in [0.15, 0.2) is 0 Å². The summed E-state index contributed by atoms with van der Waals surface area (Å²) in [7, 11) is 0. The van der Waals surface area contributed by atoms with Crippen molar-refractivity contribution in [2.24, 2.45) is 0 Å². The molecule has 14 heavy (non-hydrogen) atoms. The average molecular weight is 204 g/mol. The summed E-state index contributed by atoms with van der Waals surface area (Å²) in [5.74, 6) is 0. The van der Waals surface area contributed by atoms with Crippen LogP contribution in [0.2, 0.25) is 0 Å². The third-order valence-corrected chi connectivity index (χ3v) is 1.42.